The molecule has 1 unspecified atom stereocenters. The summed E-state index contributed by atoms with van der Waals surface area (Å²) in [6, 6.07) is -1.65. The van der Waals surface area contributed by atoms with E-state index >= 15 is 0 Å². The minimum Gasteiger partial charge on any atom is -0.389 e. The number of aliphatic hydroxyl groups is 1. The Hall–Kier alpha value is -2.18. The smallest absolute Gasteiger partial charge is 0.152 e. The van der Waals surface area contributed by atoms with Gasteiger partial charge in [0.25, 0.3) is 0 Å². The summed E-state index contributed by atoms with van der Waals surface area (Å²) < 4.78 is 69.8. The summed E-state index contributed by atoms with van der Waals surface area (Å²) >= 11 is 0. The molecule has 0 aliphatic carbocycles. The van der Waals surface area contributed by atoms with E-state index in [1.165, 1.54) is 18.4 Å². The van der Waals surface area contributed by atoms with Crippen molar-refractivity contribution in [1.82, 2.24) is 14.5 Å². The number of hydrogen-bond donors (Lipinski definition) is 2. The second kappa shape index (κ2) is 6.03. The lowest BCUT2D eigenvalue weighted by molar-refractivity contribution is 0.0460. The maximum Gasteiger partial charge on any atom is 0.152 e. The van der Waals surface area contributed by atoms with Crippen LogP contribution in [0.1, 0.15) is 44.4 Å². The molecule has 128 valence electrons. The Labute approximate surface area is 152 Å². The van der Waals surface area contributed by atoms with Crippen LogP contribution in [-0.4, -0.2) is 31.3 Å². The number of fused-ring (bicyclic) bond motifs is 3. The zero-order chi connectivity index (χ0) is 24.4. The molecule has 3 aromatic rings. The molecule has 0 radical (unpaired) electrons. The molecule has 0 saturated carbocycles. The van der Waals surface area contributed by atoms with Crippen LogP contribution in [0.15, 0.2) is 24.2 Å². The fourth-order valence-corrected chi connectivity index (χ4v) is 2.51. The van der Waals surface area contributed by atoms with Gasteiger partial charge in [0.1, 0.15) is 17.9 Å². The molecule has 0 fully saturated rings. The normalized spacial score (nSPS) is 20.3. The zero-order valence-electron chi connectivity index (χ0n) is 21.7. The molecule has 0 amide bonds. The first-order chi connectivity index (χ1) is 14.5. The highest BCUT2D eigenvalue weighted by atomic mass is 16.5. The highest BCUT2D eigenvalue weighted by Crippen LogP contribution is 2.30. The van der Waals surface area contributed by atoms with Gasteiger partial charge in [0.2, 0.25) is 0 Å². The number of hydrogen-bond acceptors (Lipinski definition) is 5. The van der Waals surface area contributed by atoms with Gasteiger partial charge in [0.15, 0.2) is 5.82 Å². The number of rotatable bonds is 5. The van der Waals surface area contributed by atoms with E-state index in [-0.39, 0.29) is 52.2 Å². The summed E-state index contributed by atoms with van der Waals surface area (Å²) in [4.78, 5) is 8.50. The van der Waals surface area contributed by atoms with Crippen LogP contribution in [0.2, 0.25) is 0 Å². The van der Waals surface area contributed by atoms with Crippen molar-refractivity contribution in [2.75, 3.05) is 5.73 Å². The van der Waals surface area contributed by atoms with Crippen molar-refractivity contribution in [3.8, 4) is 0 Å². The van der Waals surface area contributed by atoms with Gasteiger partial charge in [-0.3, -0.25) is 0 Å². The van der Waals surface area contributed by atoms with Crippen LogP contribution in [0.5, 0.6) is 0 Å². The lowest BCUT2D eigenvalue weighted by Gasteiger charge is -2.21. The number of aromatic nitrogens is 3. The summed E-state index contributed by atoms with van der Waals surface area (Å²) in [6.45, 7) is 0.934. The number of nitrogen functional groups attached to an aromatic ring is 1. The Morgan fingerprint density at radius 3 is 2.92 bits per heavy atom. The Morgan fingerprint density at radius 2 is 2.21 bits per heavy atom. The molecule has 0 bridgehead atoms. The van der Waals surface area contributed by atoms with Crippen molar-refractivity contribution in [3.63, 3.8) is 0 Å². The largest absolute Gasteiger partial charge is 0.389 e. The van der Waals surface area contributed by atoms with Crippen molar-refractivity contribution in [1.29, 1.82) is 0 Å². The number of ether oxygens (including phenoxy) is 1. The number of nitrogens with two attached hydrogens (primary N) is 1. The molecule has 3 N–H and O–H groups in total. The monoisotopic (exact) mass is 336 g/mol. The third-order valence-electron chi connectivity index (χ3n) is 3.39. The van der Waals surface area contributed by atoms with E-state index < -0.39 is 37.2 Å². The average Bonchev–Trinajstić information content (AvgIpc) is 2.99. The van der Waals surface area contributed by atoms with Crippen molar-refractivity contribution in [2.24, 2.45) is 0 Å². The number of para-hydroxylation sites is 1. The molecular weight excluding hydrogens is 304 g/mol. The maximum atomic E-state index is 10.5. The first kappa shape index (κ1) is 9.34. The fraction of sp³-hybridized carbons (Fsp3) is 0.444. The molecule has 0 aliphatic rings. The van der Waals surface area contributed by atoms with Crippen molar-refractivity contribution in [2.45, 2.75) is 52.5 Å². The van der Waals surface area contributed by atoms with Gasteiger partial charge in [-0.15, -0.1) is 0 Å². The van der Waals surface area contributed by atoms with E-state index in [1.807, 2.05) is 0 Å². The maximum absolute atomic E-state index is 10.5. The Morgan fingerprint density at radius 1 is 1.46 bits per heavy atom. The minimum atomic E-state index is -2.73. The molecule has 1 aromatic carbocycles. The van der Waals surface area contributed by atoms with E-state index in [2.05, 4.69) is 9.97 Å². The summed E-state index contributed by atoms with van der Waals surface area (Å²) in [5.41, 5.74) is 5.04. The molecule has 1 atom stereocenters. The topological polar surface area (TPSA) is 86.2 Å². The van der Waals surface area contributed by atoms with Gasteiger partial charge < -0.3 is 20.1 Å². The van der Waals surface area contributed by atoms with Gasteiger partial charge in [0.05, 0.1) is 36.1 Å². The summed E-state index contributed by atoms with van der Waals surface area (Å²) in [5, 5.41) is 10.5. The van der Waals surface area contributed by atoms with Crippen molar-refractivity contribution >= 4 is 27.8 Å². The molecule has 0 saturated heterocycles. The van der Waals surface area contributed by atoms with E-state index in [4.69, 9.17) is 21.4 Å². The van der Waals surface area contributed by atoms with Gasteiger partial charge in [0, 0.05) is 9.50 Å². The standard InChI is InChI=1S/C18H24N4O2/c1-11(2)24-9-14-21-15-16(22(14)10-18(3,4)23)12-7-5-6-8-13(12)20-17(15)19/h5-8,11,23H,9-10H2,1-4H3,(H2,19,20)/i1D3,5D,6D,7D,8D,11D. The van der Waals surface area contributed by atoms with Crippen LogP contribution < -0.4 is 5.73 Å². The third kappa shape index (κ3) is 3.20. The first-order valence-corrected chi connectivity index (χ1v) is 7.37. The number of benzene rings is 1. The second-order valence-electron chi connectivity index (χ2n) is 6.19. The van der Waals surface area contributed by atoms with Crippen molar-refractivity contribution < 1.29 is 20.8 Å². The average molecular weight is 336 g/mol. The number of imidazole rings is 1. The second-order valence-corrected chi connectivity index (χ2v) is 6.19. The summed E-state index contributed by atoms with van der Waals surface area (Å²) in [6.07, 6.45) is -2.24. The molecule has 0 aliphatic heterocycles. The molecule has 2 aromatic heterocycles. The van der Waals surface area contributed by atoms with E-state index in [1.54, 1.807) is 0 Å². The van der Waals surface area contributed by atoms with Crippen LogP contribution >= 0.6 is 0 Å². The van der Waals surface area contributed by atoms with Gasteiger partial charge in [-0.2, -0.15) is 0 Å². The van der Waals surface area contributed by atoms with Crippen LogP contribution in [0.3, 0.4) is 0 Å². The van der Waals surface area contributed by atoms with Gasteiger partial charge in [-0.05, 0) is 33.7 Å². The van der Waals surface area contributed by atoms with Gasteiger partial charge in [-0.25, -0.2) is 9.97 Å². The number of pyridine rings is 1. The Bertz CT molecular complexity index is 1210. The first-order valence-electron chi connectivity index (χ1n) is 11.4. The van der Waals surface area contributed by atoms with E-state index in [0.29, 0.717) is 0 Å². The quantitative estimate of drug-likeness (QED) is 0.748. The molecule has 6 heteroatoms. The molecule has 6 nitrogen and oxygen atoms in total. The number of anilines is 1. The SMILES string of the molecule is [2H]c1c([2H])c([2H])c2c(nc(N)c3nc(COC([2H])(C)C([2H])([2H])[2H])n(CC(C)(C)O)c32)c1[2H]. The fourth-order valence-electron chi connectivity index (χ4n) is 2.51. The van der Waals surface area contributed by atoms with E-state index in [0.717, 1.165) is 6.92 Å². The Kier molecular flexibility index (Phi) is 2.35. The van der Waals surface area contributed by atoms with Crippen LogP contribution in [0.25, 0.3) is 21.9 Å². The number of nitrogens with zero attached hydrogens (tertiary/aromatic N) is 3. The Balaban J connectivity index is 2.36. The van der Waals surface area contributed by atoms with E-state index in [9.17, 15) is 5.11 Å². The van der Waals surface area contributed by atoms with Crippen LogP contribution in [0, 0.1) is 0 Å². The lowest BCUT2D eigenvalue weighted by Crippen LogP contribution is -2.27. The van der Waals surface area contributed by atoms with Gasteiger partial charge >= 0.3 is 0 Å². The van der Waals surface area contributed by atoms with Gasteiger partial charge in [-0.1, -0.05) is 18.1 Å². The summed E-state index contributed by atoms with van der Waals surface area (Å²) in [7, 11) is 0. The van der Waals surface area contributed by atoms with Crippen LogP contribution in [0.4, 0.5) is 5.82 Å². The minimum absolute atomic E-state index is 0.0572. The highest BCUT2D eigenvalue weighted by molar-refractivity contribution is 6.06. The highest BCUT2D eigenvalue weighted by Gasteiger charge is 2.22. The molecule has 3 rings (SSSR count). The summed E-state index contributed by atoms with van der Waals surface area (Å²) in [5.74, 6) is 0.0241. The molecule has 0 spiro atoms. The predicted molar refractivity (Wildman–Crippen MR) is 95.7 cm³/mol. The third-order valence-corrected chi connectivity index (χ3v) is 3.39. The molecule has 24 heavy (non-hydrogen) atoms. The predicted octanol–water partition coefficient (Wildman–Crippen LogP) is 2.86. The molecule has 2 heterocycles. The zero-order valence-corrected chi connectivity index (χ0v) is 13.7. The lowest BCUT2D eigenvalue weighted by atomic mass is 10.1. The van der Waals surface area contributed by atoms with Crippen LogP contribution in [-0.2, 0) is 17.9 Å². The van der Waals surface area contributed by atoms with Crippen molar-refractivity contribution in [3.05, 3.63) is 30.0 Å². The molecular formula is C18H24N4O2.